The van der Waals surface area contributed by atoms with Gasteiger partial charge in [0.25, 0.3) is 11.5 Å². The highest BCUT2D eigenvalue weighted by Gasteiger charge is 2.30. The van der Waals surface area contributed by atoms with Crippen molar-refractivity contribution in [3.63, 3.8) is 0 Å². The number of β-amino-alcohol motifs (C(OH)–C–C–N with tert-alkyl or cyclic N) is 1. The summed E-state index contributed by atoms with van der Waals surface area (Å²) in [6.07, 6.45) is 3.76. The van der Waals surface area contributed by atoms with E-state index in [1.807, 2.05) is 0 Å². The van der Waals surface area contributed by atoms with Crippen LogP contribution in [0.3, 0.4) is 0 Å². The van der Waals surface area contributed by atoms with Crippen molar-refractivity contribution in [1.82, 2.24) is 14.9 Å². The molecule has 1 fully saturated rings. The van der Waals surface area contributed by atoms with Crippen molar-refractivity contribution < 1.29 is 19.4 Å². The minimum Gasteiger partial charge on any atom is -0.457 e. The van der Waals surface area contributed by atoms with E-state index in [1.165, 1.54) is 18.5 Å². The molecule has 2 aliphatic heterocycles. The van der Waals surface area contributed by atoms with Gasteiger partial charge in [0.05, 0.1) is 11.7 Å². The van der Waals surface area contributed by atoms with Crippen molar-refractivity contribution in [3.05, 3.63) is 58.4 Å². The third-order valence-corrected chi connectivity index (χ3v) is 5.45. The number of likely N-dealkylation sites (tertiary alicyclic amines) is 1. The first-order valence-corrected chi connectivity index (χ1v) is 10.2. The van der Waals surface area contributed by atoms with E-state index >= 15 is 0 Å². The fourth-order valence-electron chi connectivity index (χ4n) is 3.83. The number of primary amides is 1. The lowest BCUT2D eigenvalue weighted by Crippen LogP contribution is -2.45. The SMILES string of the molecule is NC(=O)c1cccc2c1OC=C(CC1CCN(CCNc3nccc(=O)[nH]3)CC1O)O2. The number of nitrogens with zero attached hydrogens (tertiary/aromatic N) is 2. The van der Waals surface area contributed by atoms with Gasteiger partial charge in [-0.05, 0) is 31.0 Å². The molecule has 2 unspecified atom stereocenters. The van der Waals surface area contributed by atoms with Gasteiger partial charge in [0.15, 0.2) is 11.5 Å². The van der Waals surface area contributed by atoms with Gasteiger partial charge in [-0.1, -0.05) is 6.07 Å². The van der Waals surface area contributed by atoms with Crippen LogP contribution >= 0.6 is 0 Å². The van der Waals surface area contributed by atoms with Crippen molar-refractivity contribution >= 4 is 11.9 Å². The molecule has 1 amide bonds. The molecule has 5 N–H and O–H groups in total. The Labute approximate surface area is 178 Å². The van der Waals surface area contributed by atoms with E-state index in [0.29, 0.717) is 49.3 Å². The molecule has 0 aliphatic carbocycles. The zero-order chi connectivity index (χ0) is 21.8. The van der Waals surface area contributed by atoms with Gasteiger partial charge in [-0.2, -0.15) is 0 Å². The molecule has 3 heterocycles. The third kappa shape index (κ3) is 5.04. The van der Waals surface area contributed by atoms with Crippen molar-refractivity contribution in [2.24, 2.45) is 11.7 Å². The number of rotatable bonds is 7. The number of aromatic nitrogens is 2. The first-order valence-electron chi connectivity index (χ1n) is 10.2. The summed E-state index contributed by atoms with van der Waals surface area (Å²) in [6.45, 7) is 2.69. The van der Waals surface area contributed by atoms with Gasteiger partial charge in [-0.15, -0.1) is 0 Å². The summed E-state index contributed by atoms with van der Waals surface area (Å²) < 4.78 is 11.5. The molecule has 31 heavy (non-hydrogen) atoms. The molecule has 1 saturated heterocycles. The molecular weight excluding hydrogens is 402 g/mol. The summed E-state index contributed by atoms with van der Waals surface area (Å²) in [5.41, 5.74) is 5.44. The molecule has 0 radical (unpaired) electrons. The van der Waals surface area contributed by atoms with Crippen LogP contribution in [0.4, 0.5) is 5.95 Å². The van der Waals surface area contributed by atoms with Gasteiger partial charge in [0.2, 0.25) is 5.95 Å². The Balaban J connectivity index is 1.26. The maximum Gasteiger partial charge on any atom is 0.252 e. The minimum absolute atomic E-state index is 0.0343. The van der Waals surface area contributed by atoms with Gasteiger partial charge in [-0.25, -0.2) is 4.98 Å². The van der Waals surface area contributed by atoms with E-state index in [4.69, 9.17) is 15.2 Å². The molecule has 10 nitrogen and oxygen atoms in total. The van der Waals surface area contributed by atoms with Gasteiger partial charge in [0.1, 0.15) is 12.0 Å². The number of anilines is 1. The summed E-state index contributed by atoms with van der Waals surface area (Å²) in [5, 5.41) is 13.7. The number of aromatic amines is 1. The van der Waals surface area contributed by atoms with E-state index in [2.05, 4.69) is 20.2 Å². The van der Waals surface area contributed by atoms with Crippen LogP contribution in [0.2, 0.25) is 0 Å². The van der Waals surface area contributed by atoms with E-state index in [9.17, 15) is 14.7 Å². The molecule has 1 aromatic heterocycles. The predicted octanol–water partition coefficient (Wildman–Crippen LogP) is 0.666. The normalized spacial score (nSPS) is 20.7. The molecule has 2 atom stereocenters. The first kappa shape index (κ1) is 20.9. The standard InChI is InChI=1S/C21H25N5O5/c22-20(29)15-2-1-3-17-19(15)30-12-14(31-17)10-13-5-8-26(11-16(13)27)9-7-24-21-23-6-4-18(28)25-21/h1-4,6,12-13,16,27H,5,7-11H2,(H2,22,29)(H2,23,24,25,28). The second kappa shape index (κ2) is 9.19. The fraction of sp³-hybridized carbons (Fsp3) is 0.381. The Bertz CT molecular complexity index is 1040. The number of nitrogens with two attached hydrogens (primary N) is 1. The Morgan fingerprint density at radius 3 is 3.03 bits per heavy atom. The Morgan fingerprint density at radius 1 is 1.39 bits per heavy atom. The highest BCUT2D eigenvalue weighted by atomic mass is 16.6. The van der Waals surface area contributed by atoms with Gasteiger partial charge < -0.3 is 25.6 Å². The molecule has 10 heteroatoms. The molecule has 0 bridgehead atoms. The molecule has 164 valence electrons. The molecule has 0 saturated carbocycles. The van der Waals surface area contributed by atoms with Crippen molar-refractivity contribution in [3.8, 4) is 11.5 Å². The quantitative estimate of drug-likeness (QED) is 0.505. The monoisotopic (exact) mass is 427 g/mol. The molecule has 1 aromatic carbocycles. The highest BCUT2D eigenvalue weighted by Crippen LogP contribution is 2.37. The van der Waals surface area contributed by atoms with Gasteiger partial charge in [-0.3, -0.25) is 19.5 Å². The summed E-state index contributed by atoms with van der Waals surface area (Å²) in [5.74, 6) is 1.25. The third-order valence-electron chi connectivity index (χ3n) is 5.45. The van der Waals surface area contributed by atoms with Crippen LogP contribution < -0.4 is 26.1 Å². The van der Waals surface area contributed by atoms with E-state index < -0.39 is 12.0 Å². The maximum atomic E-state index is 11.5. The minimum atomic E-state index is -0.580. The molecule has 2 aromatic rings. The van der Waals surface area contributed by atoms with Crippen LogP contribution in [-0.2, 0) is 0 Å². The Hall–Kier alpha value is -3.37. The second-order valence-electron chi connectivity index (χ2n) is 7.63. The Kier molecular flexibility index (Phi) is 6.19. The second-order valence-corrected chi connectivity index (χ2v) is 7.63. The van der Waals surface area contributed by atoms with E-state index in [1.54, 1.807) is 18.2 Å². The fourth-order valence-corrected chi connectivity index (χ4v) is 3.83. The van der Waals surface area contributed by atoms with Gasteiger partial charge in [0, 0.05) is 38.3 Å². The lowest BCUT2D eigenvalue weighted by atomic mass is 9.90. The average Bonchev–Trinajstić information content (AvgIpc) is 2.75. The molecule has 2 aliphatic rings. The number of hydrogen-bond acceptors (Lipinski definition) is 8. The van der Waals surface area contributed by atoms with Crippen molar-refractivity contribution in [2.75, 3.05) is 31.5 Å². The van der Waals surface area contributed by atoms with E-state index in [0.717, 1.165) is 13.0 Å². The number of carbonyl (C=O) groups is 1. The number of H-pyrrole nitrogens is 1. The summed E-state index contributed by atoms with van der Waals surface area (Å²) in [6, 6.07) is 6.35. The number of benzene rings is 1. The van der Waals surface area contributed by atoms with Crippen molar-refractivity contribution in [1.29, 1.82) is 0 Å². The number of carbonyl (C=O) groups excluding carboxylic acids is 1. The van der Waals surface area contributed by atoms with Gasteiger partial charge >= 0.3 is 0 Å². The largest absolute Gasteiger partial charge is 0.457 e. The number of aliphatic hydroxyl groups excluding tert-OH is 1. The average molecular weight is 427 g/mol. The molecule has 0 spiro atoms. The number of para-hydroxylation sites is 1. The summed E-state index contributed by atoms with van der Waals surface area (Å²) >= 11 is 0. The first-order chi connectivity index (χ1) is 15.0. The zero-order valence-electron chi connectivity index (χ0n) is 16.9. The number of nitrogens with one attached hydrogen (secondary N) is 2. The molecular formula is C21H25N5O5. The topological polar surface area (TPSA) is 143 Å². The molecule has 4 rings (SSSR count). The predicted molar refractivity (Wildman–Crippen MR) is 113 cm³/mol. The van der Waals surface area contributed by atoms with Crippen LogP contribution in [0.25, 0.3) is 0 Å². The smallest absolute Gasteiger partial charge is 0.252 e. The summed E-state index contributed by atoms with van der Waals surface area (Å²) in [7, 11) is 0. The van der Waals surface area contributed by atoms with Crippen LogP contribution in [-0.4, -0.2) is 58.2 Å². The zero-order valence-corrected chi connectivity index (χ0v) is 16.9. The van der Waals surface area contributed by atoms with Crippen LogP contribution in [0.5, 0.6) is 11.5 Å². The van der Waals surface area contributed by atoms with Crippen LogP contribution in [0, 0.1) is 5.92 Å². The van der Waals surface area contributed by atoms with Crippen LogP contribution in [0.15, 0.2) is 47.3 Å². The number of fused-ring (bicyclic) bond motifs is 1. The lowest BCUT2D eigenvalue weighted by molar-refractivity contribution is 0.0197. The number of amides is 1. The highest BCUT2D eigenvalue weighted by molar-refractivity contribution is 5.96. The van der Waals surface area contributed by atoms with E-state index in [-0.39, 0.29) is 17.0 Å². The number of allylic oxidation sites excluding steroid dienone is 1. The number of aliphatic hydroxyl groups is 1. The maximum absolute atomic E-state index is 11.5. The Morgan fingerprint density at radius 2 is 2.26 bits per heavy atom. The number of piperidine rings is 1. The summed E-state index contributed by atoms with van der Waals surface area (Å²) in [4.78, 5) is 31.6. The van der Waals surface area contributed by atoms with Crippen molar-refractivity contribution in [2.45, 2.75) is 18.9 Å². The van der Waals surface area contributed by atoms with Crippen LogP contribution in [0.1, 0.15) is 23.2 Å². The number of hydrogen-bond donors (Lipinski definition) is 4. The lowest BCUT2D eigenvalue weighted by Gasteiger charge is -2.36. The number of ether oxygens (including phenoxy) is 2.